The minimum Gasteiger partial charge on any atom is -0.495 e. The van der Waals surface area contributed by atoms with Gasteiger partial charge in [-0.2, -0.15) is 0 Å². The number of para-hydroxylation sites is 2. The van der Waals surface area contributed by atoms with Gasteiger partial charge >= 0.3 is 0 Å². The zero-order valence-corrected chi connectivity index (χ0v) is 17.9. The highest BCUT2D eigenvalue weighted by Crippen LogP contribution is 2.29. The van der Waals surface area contributed by atoms with Crippen molar-refractivity contribution in [1.82, 2.24) is 9.47 Å². The number of methoxy groups -OCH3 is 1. The Labute approximate surface area is 178 Å². The van der Waals surface area contributed by atoms with Crippen LogP contribution in [-0.4, -0.2) is 42.8 Å². The van der Waals surface area contributed by atoms with Gasteiger partial charge in [-0.15, -0.1) is 0 Å². The van der Waals surface area contributed by atoms with Crippen molar-refractivity contribution in [3.8, 4) is 17.0 Å². The molecule has 0 amide bonds. The van der Waals surface area contributed by atoms with Gasteiger partial charge in [0, 0.05) is 50.7 Å². The summed E-state index contributed by atoms with van der Waals surface area (Å²) in [5, 5.41) is 0. The molecule has 1 aliphatic heterocycles. The monoisotopic (exact) mass is 407 g/mol. The SMILES string of the molecule is CCCn1c(CN2CCN(c3ccccc3OC)CC2)ccc1-c1ccc(F)cc1. The lowest BCUT2D eigenvalue weighted by Crippen LogP contribution is -2.46. The van der Waals surface area contributed by atoms with Crippen LogP contribution in [0.5, 0.6) is 5.75 Å². The molecule has 0 saturated carbocycles. The van der Waals surface area contributed by atoms with Gasteiger partial charge in [0.1, 0.15) is 11.6 Å². The molecule has 158 valence electrons. The topological polar surface area (TPSA) is 20.6 Å². The number of piperazine rings is 1. The number of rotatable bonds is 7. The smallest absolute Gasteiger partial charge is 0.142 e. The van der Waals surface area contributed by atoms with Gasteiger partial charge in [0.05, 0.1) is 12.8 Å². The zero-order chi connectivity index (χ0) is 20.9. The number of nitrogens with zero attached hydrogens (tertiary/aromatic N) is 3. The molecular weight excluding hydrogens is 377 g/mol. The van der Waals surface area contributed by atoms with Crippen LogP contribution in [-0.2, 0) is 13.1 Å². The van der Waals surface area contributed by atoms with Crippen molar-refractivity contribution in [1.29, 1.82) is 0 Å². The van der Waals surface area contributed by atoms with Crippen LogP contribution in [0.1, 0.15) is 19.0 Å². The lowest BCUT2D eigenvalue weighted by molar-refractivity contribution is 0.243. The number of halogens is 1. The van der Waals surface area contributed by atoms with E-state index in [0.717, 1.165) is 57.0 Å². The largest absolute Gasteiger partial charge is 0.495 e. The van der Waals surface area contributed by atoms with Crippen LogP contribution in [0.3, 0.4) is 0 Å². The Bertz CT molecular complexity index is 959. The third kappa shape index (κ3) is 4.36. The Morgan fingerprint density at radius 2 is 1.63 bits per heavy atom. The molecule has 0 bridgehead atoms. The Hall–Kier alpha value is -2.79. The normalized spacial score (nSPS) is 14.8. The molecule has 1 aromatic heterocycles. The standard InChI is InChI=1S/C25H30FN3O/c1-3-14-29-22(12-13-23(29)20-8-10-21(26)11-9-20)19-27-15-17-28(18-16-27)24-6-4-5-7-25(24)30-2/h4-13H,3,14-19H2,1-2H3. The summed E-state index contributed by atoms with van der Waals surface area (Å²) in [6.45, 7) is 8.10. The molecular formula is C25H30FN3O. The second kappa shape index (κ2) is 9.35. The number of hydrogen-bond donors (Lipinski definition) is 0. The Morgan fingerprint density at radius 1 is 0.900 bits per heavy atom. The van der Waals surface area contributed by atoms with Gasteiger partial charge in [-0.25, -0.2) is 4.39 Å². The Morgan fingerprint density at radius 3 is 2.33 bits per heavy atom. The van der Waals surface area contributed by atoms with Crippen molar-refractivity contribution >= 4 is 5.69 Å². The third-order valence-electron chi connectivity index (χ3n) is 5.84. The molecule has 0 radical (unpaired) electrons. The van der Waals surface area contributed by atoms with Gasteiger partial charge in [0.25, 0.3) is 0 Å². The molecule has 30 heavy (non-hydrogen) atoms. The van der Waals surface area contributed by atoms with Crippen LogP contribution in [0.4, 0.5) is 10.1 Å². The molecule has 1 fully saturated rings. The molecule has 4 nitrogen and oxygen atoms in total. The predicted molar refractivity (Wildman–Crippen MR) is 121 cm³/mol. The molecule has 1 aliphatic rings. The number of benzene rings is 2. The Balaban J connectivity index is 1.46. The minimum atomic E-state index is -0.194. The van der Waals surface area contributed by atoms with E-state index < -0.39 is 0 Å². The maximum absolute atomic E-state index is 13.3. The molecule has 0 spiro atoms. The lowest BCUT2D eigenvalue weighted by Gasteiger charge is -2.36. The van der Waals surface area contributed by atoms with Gasteiger partial charge < -0.3 is 14.2 Å². The summed E-state index contributed by atoms with van der Waals surface area (Å²) in [6.07, 6.45) is 1.07. The fourth-order valence-corrected chi connectivity index (χ4v) is 4.28. The van der Waals surface area contributed by atoms with Crippen molar-refractivity contribution in [3.63, 3.8) is 0 Å². The molecule has 2 heterocycles. The third-order valence-corrected chi connectivity index (χ3v) is 5.84. The van der Waals surface area contributed by atoms with Crippen molar-refractivity contribution < 1.29 is 9.13 Å². The highest BCUT2D eigenvalue weighted by molar-refractivity contribution is 5.61. The fourth-order valence-electron chi connectivity index (χ4n) is 4.28. The average Bonchev–Trinajstić information content (AvgIpc) is 3.17. The summed E-state index contributed by atoms with van der Waals surface area (Å²) in [7, 11) is 1.73. The maximum Gasteiger partial charge on any atom is 0.142 e. The van der Waals surface area contributed by atoms with Gasteiger partial charge in [0.2, 0.25) is 0 Å². The van der Waals surface area contributed by atoms with Gasteiger partial charge in [0.15, 0.2) is 0 Å². The maximum atomic E-state index is 13.3. The van der Waals surface area contributed by atoms with Crippen LogP contribution in [0.2, 0.25) is 0 Å². The van der Waals surface area contributed by atoms with E-state index in [4.69, 9.17) is 4.74 Å². The number of anilines is 1. The number of aromatic nitrogens is 1. The first kappa shape index (κ1) is 20.5. The highest BCUT2D eigenvalue weighted by atomic mass is 19.1. The summed E-state index contributed by atoms with van der Waals surface area (Å²) in [5.74, 6) is 0.743. The minimum absolute atomic E-state index is 0.194. The van der Waals surface area contributed by atoms with E-state index in [0.29, 0.717) is 0 Å². The van der Waals surface area contributed by atoms with E-state index in [1.54, 1.807) is 7.11 Å². The summed E-state index contributed by atoms with van der Waals surface area (Å²) < 4.78 is 21.3. The molecule has 0 N–H and O–H groups in total. The molecule has 3 aromatic rings. The molecule has 2 aromatic carbocycles. The van der Waals surface area contributed by atoms with E-state index >= 15 is 0 Å². The molecule has 1 saturated heterocycles. The van der Waals surface area contributed by atoms with Crippen molar-refractivity contribution in [3.05, 3.63) is 72.2 Å². The second-order valence-corrected chi connectivity index (χ2v) is 7.80. The van der Waals surface area contributed by atoms with Crippen LogP contribution >= 0.6 is 0 Å². The first-order chi connectivity index (χ1) is 14.7. The van der Waals surface area contributed by atoms with Gasteiger partial charge in [-0.3, -0.25) is 4.90 Å². The predicted octanol–water partition coefficient (Wildman–Crippen LogP) is 5.04. The summed E-state index contributed by atoms with van der Waals surface area (Å²) >= 11 is 0. The molecule has 0 atom stereocenters. The molecule has 4 rings (SSSR count). The first-order valence-corrected chi connectivity index (χ1v) is 10.7. The van der Waals surface area contributed by atoms with E-state index in [-0.39, 0.29) is 5.82 Å². The van der Waals surface area contributed by atoms with E-state index in [1.165, 1.54) is 29.2 Å². The number of ether oxygens (including phenoxy) is 1. The van der Waals surface area contributed by atoms with Crippen LogP contribution in [0.15, 0.2) is 60.7 Å². The lowest BCUT2D eigenvalue weighted by atomic mass is 10.1. The van der Waals surface area contributed by atoms with E-state index in [1.807, 2.05) is 24.3 Å². The van der Waals surface area contributed by atoms with Crippen molar-refractivity contribution in [2.24, 2.45) is 0 Å². The summed E-state index contributed by atoms with van der Waals surface area (Å²) in [4.78, 5) is 4.92. The quantitative estimate of drug-likeness (QED) is 0.548. The van der Waals surface area contributed by atoms with E-state index in [2.05, 4.69) is 45.6 Å². The molecule has 0 unspecified atom stereocenters. The summed E-state index contributed by atoms with van der Waals surface area (Å²) in [6, 6.07) is 19.4. The Kier molecular flexibility index (Phi) is 6.38. The van der Waals surface area contributed by atoms with Crippen LogP contribution in [0.25, 0.3) is 11.3 Å². The van der Waals surface area contributed by atoms with Gasteiger partial charge in [-0.1, -0.05) is 19.1 Å². The van der Waals surface area contributed by atoms with Crippen LogP contribution in [0, 0.1) is 5.82 Å². The van der Waals surface area contributed by atoms with Crippen molar-refractivity contribution in [2.75, 3.05) is 38.2 Å². The molecule has 0 aliphatic carbocycles. The van der Waals surface area contributed by atoms with Crippen LogP contribution < -0.4 is 9.64 Å². The van der Waals surface area contributed by atoms with Gasteiger partial charge in [-0.05, 0) is 60.5 Å². The fraction of sp³-hybridized carbons (Fsp3) is 0.360. The van der Waals surface area contributed by atoms with Crippen molar-refractivity contribution in [2.45, 2.75) is 26.4 Å². The summed E-state index contributed by atoms with van der Waals surface area (Å²) in [5.41, 5.74) is 4.73. The average molecular weight is 408 g/mol. The van der Waals surface area contributed by atoms with E-state index in [9.17, 15) is 4.39 Å². The second-order valence-electron chi connectivity index (χ2n) is 7.80. The first-order valence-electron chi connectivity index (χ1n) is 10.7. The molecule has 5 heteroatoms. The number of hydrogen-bond acceptors (Lipinski definition) is 3. The highest BCUT2D eigenvalue weighted by Gasteiger charge is 2.21. The zero-order valence-electron chi connectivity index (χ0n) is 17.9.